The topological polar surface area (TPSA) is 49.7 Å². The Morgan fingerprint density at radius 1 is 1.40 bits per heavy atom. The number of benzene rings is 1. The van der Waals surface area contributed by atoms with Gasteiger partial charge in [-0.2, -0.15) is 0 Å². The maximum atomic E-state index is 8.62. The molecular formula is C7H8O3. The van der Waals surface area contributed by atoms with Crippen molar-refractivity contribution in [2.24, 2.45) is 0 Å². The largest absolute Gasteiger partial charge is 0.392 e. The van der Waals surface area contributed by atoms with E-state index in [-0.39, 0.29) is 6.61 Å². The van der Waals surface area contributed by atoms with E-state index in [0.717, 1.165) is 0 Å². The average Bonchev–Trinajstić information content (AvgIpc) is 2.05. The number of hydrogen-bond acceptors (Lipinski definition) is 3. The second kappa shape index (κ2) is 3.20. The summed E-state index contributed by atoms with van der Waals surface area (Å²) in [5.74, 6) is 0.339. The van der Waals surface area contributed by atoms with E-state index in [2.05, 4.69) is 4.89 Å². The molecule has 0 saturated heterocycles. The summed E-state index contributed by atoms with van der Waals surface area (Å²) in [6, 6.07) is 6.58. The van der Waals surface area contributed by atoms with Gasteiger partial charge in [0.1, 0.15) is 0 Å². The highest BCUT2D eigenvalue weighted by atomic mass is 17.1. The molecule has 0 amide bonds. The number of rotatable bonds is 2. The van der Waals surface area contributed by atoms with Crippen LogP contribution in [0.25, 0.3) is 0 Å². The van der Waals surface area contributed by atoms with Crippen LogP contribution in [0.1, 0.15) is 5.56 Å². The molecule has 0 radical (unpaired) electrons. The van der Waals surface area contributed by atoms with Gasteiger partial charge in [-0.3, -0.25) is 0 Å². The lowest BCUT2D eigenvalue weighted by Crippen LogP contribution is -1.86. The Labute approximate surface area is 58.4 Å². The Morgan fingerprint density at radius 2 is 2.20 bits per heavy atom. The summed E-state index contributed by atoms with van der Waals surface area (Å²) in [7, 11) is 0. The minimum Gasteiger partial charge on any atom is -0.392 e. The molecule has 0 spiro atoms. The van der Waals surface area contributed by atoms with Crippen LogP contribution in [-0.2, 0) is 6.61 Å². The van der Waals surface area contributed by atoms with Gasteiger partial charge in [0.15, 0.2) is 5.75 Å². The molecule has 3 nitrogen and oxygen atoms in total. The SMILES string of the molecule is OCc1cccc(OO)c1. The van der Waals surface area contributed by atoms with Crippen LogP contribution in [0.5, 0.6) is 5.75 Å². The first kappa shape index (κ1) is 7.05. The van der Waals surface area contributed by atoms with Crippen LogP contribution in [0.15, 0.2) is 24.3 Å². The second-order valence-corrected chi connectivity index (χ2v) is 1.90. The van der Waals surface area contributed by atoms with E-state index >= 15 is 0 Å². The van der Waals surface area contributed by atoms with E-state index < -0.39 is 0 Å². The average molecular weight is 140 g/mol. The van der Waals surface area contributed by atoms with Gasteiger partial charge >= 0.3 is 0 Å². The third kappa shape index (κ3) is 1.46. The van der Waals surface area contributed by atoms with Crippen molar-refractivity contribution < 1.29 is 15.3 Å². The van der Waals surface area contributed by atoms with Gasteiger partial charge in [0.25, 0.3) is 0 Å². The van der Waals surface area contributed by atoms with Gasteiger partial charge in [0, 0.05) is 0 Å². The van der Waals surface area contributed by atoms with Crippen LogP contribution in [0.2, 0.25) is 0 Å². The molecule has 0 heterocycles. The lowest BCUT2D eigenvalue weighted by molar-refractivity contribution is -0.137. The molecule has 0 atom stereocenters. The maximum Gasteiger partial charge on any atom is 0.165 e. The standard InChI is InChI=1S/C7H8O3/c8-5-6-2-1-3-7(4-6)10-9/h1-4,8-9H,5H2. The predicted molar refractivity (Wildman–Crippen MR) is 35.6 cm³/mol. The van der Waals surface area contributed by atoms with Crippen LogP contribution in [0, 0.1) is 0 Å². The zero-order chi connectivity index (χ0) is 7.40. The summed E-state index contributed by atoms with van der Waals surface area (Å²) < 4.78 is 0. The first-order valence-corrected chi connectivity index (χ1v) is 2.88. The highest BCUT2D eigenvalue weighted by Gasteiger charge is 1.92. The van der Waals surface area contributed by atoms with Gasteiger partial charge in [-0.25, -0.2) is 5.26 Å². The van der Waals surface area contributed by atoms with Gasteiger partial charge in [-0.15, -0.1) is 0 Å². The molecule has 0 saturated carbocycles. The van der Waals surface area contributed by atoms with Gasteiger partial charge < -0.3 is 9.99 Å². The zero-order valence-corrected chi connectivity index (χ0v) is 5.32. The first-order chi connectivity index (χ1) is 4.86. The summed E-state index contributed by atoms with van der Waals surface area (Å²) in [6.45, 7) is -0.0444. The molecule has 3 heteroatoms. The quantitative estimate of drug-likeness (QED) is 0.476. The fourth-order valence-corrected chi connectivity index (χ4v) is 0.701. The monoisotopic (exact) mass is 140 g/mol. The van der Waals surface area contributed by atoms with Crippen molar-refractivity contribution in [3.05, 3.63) is 29.8 Å². The highest BCUT2D eigenvalue weighted by molar-refractivity contribution is 5.27. The molecule has 0 fully saturated rings. The summed E-state index contributed by atoms with van der Waals surface area (Å²) in [4.78, 5) is 3.95. The summed E-state index contributed by atoms with van der Waals surface area (Å²) in [6.07, 6.45) is 0. The van der Waals surface area contributed by atoms with E-state index in [1.807, 2.05) is 0 Å². The second-order valence-electron chi connectivity index (χ2n) is 1.90. The van der Waals surface area contributed by atoms with Crippen molar-refractivity contribution in [1.82, 2.24) is 0 Å². The van der Waals surface area contributed by atoms with Gasteiger partial charge in [-0.05, 0) is 17.7 Å². The Hall–Kier alpha value is -1.06. The molecule has 0 unspecified atom stereocenters. The predicted octanol–water partition coefficient (Wildman–Crippen LogP) is 1.03. The molecule has 1 rings (SSSR count). The lowest BCUT2D eigenvalue weighted by atomic mass is 10.2. The van der Waals surface area contributed by atoms with Crippen molar-refractivity contribution >= 4 is 0 Å². The molecule has 0 aliphatic rings. The van der Waals surface area contributed by atoms with E-state index in [1.54, 1.807) is 24.3 Å². The molecule has 2 N–H and O–H groups in total. The molecule has 0 aliphatic carbocycles. The maximum absolute atomic E-state index is 8.62. The van der Waals surface area contributed by atoms with E-state index in [9.17, 15) is 0 Å². The molecule has 54 valence electrons. The number of hydrogen-bond donors (Lipinski definition) is 2. The van der Waals surface area contributed by atoms with E-state index in [0.29, 0.717) is 11.3 Å². The number of aliphatic hydroxyl groups is 1. The minimum atomic E-state index is -0.0444. The molecule has 1 aromatic carbocycles. The van der Waals surface area contributed by atoms with Crippen molar-refractivity contribution in [1.29, 1.82) is 0 Å². The summed E-state index contributed by atoms with van der Waals surface area (Å²) in [5, 5.41) is 16.8. The molecule has 0 aromatic heterocycles. The highest BCUT2D eigenvalue weighted by Crippen LogP contribution is 2.11. The van der Waals surface area contributed by atoms with Gasteiger partial charge in [0.05, 0.1) is 6.61 Å². The van der Waals surface area contributed by atoms with Crippen LogP contribution in [0.4, 0.5) is 0 Å². The Kier molecular flexibility index (Phi) is 2.25. The number of aliphatic hydroxyl groups excluding tert-OH is 1. The third-order valence-corrected chi connectivity index (χ3v) is 1.19. The summed E-state index contributed by atoms with van der Waals surface area (Å²) >= 11 is 0. The molecule has 10 heavy (non-hydrogen) atoms. The van der Waals surface area contributed by atoms with Crippen molar-refractivity contribution in [2.75, 3.05) is 0 Å². The molecule has 0 aliphatic heterocycles. The first-order valence-electron chi connectivity index (χ1n) is 2.88. The smallest absolute Gasteiger partial charge is 0.165 e. The van der Waals surface area contributed by atoms with Crippen LogP contribution >= 0.6 is 0 Å². The fourth-order valence-electron chi connectivity index (χ4n) is 0.701. The van der Waals surface area contributed by atoms with Crippen molar-refractivity contribution in [3.8, 4) is 5.75 Å². The van der Waals surface area contributed by atoms with Crippen LogP contribution in [0.3, 0.4) is 0 Å². The Morgan fingerprint density at radius 3 is 2.80 bits per heavy atom. The fraction of sp³-hybridized carbons (Fsp3) is 0.143. The zero-order valence-electron chi connectivity index (χ0n) is 5.32. The van der Waals surface area contributed by atoms with E-state index in [1.165, 1.54) is 0 Å². The third-order valence-electron chi connectivity index (χ3n) is 1.19. The van der Waals surface area contributed by atoms with Crippen molar-refractivity contribution in [2.45, 2.75) is 6.61 Å². The van der Waals surface area contributed by atoms with Crippen LogP contribution < -0.4 is 4.89 Å². The van der Waals surface area contributed by atoms with Crippen molar-refractivity contribution in [3.63, 3.8) is 0 Å². The Bertz CT molecular complexity index is 191. The molecular weight excluding hydrogens is 132 g/mol. The van der Waals surface area contributed by atoms with E-state index in [4.69, 9.17) is 10.4 Å². The molecule has 0 bridgehead atoms. The van der Waals surface area contributed by atoms with Gasteiger partial charge in [0.2, 0.25) is 0 Å². The summed E-state index contributed by atoms with van der Waals surface area (Å²) in [5.41, 5.74) is 0.714. The normalized spacial score (nSPS) is 9.40. The Balaban J connectivity index is 2.87. The van der Waals surface area contributed by atoms with Gasteiger partial charge in [-0.1, -0.05) is 12.1 Å². The lowest BCUT2D eigenvalue weighted by Gasteiger charge is -1.97. The van der Waals surface area contributed by atoms with Crippen LogP contribution in [-0.4, -0.2) is 10.4 Å². The molecule has 1 aromatic rings. The minimum absolute atomic E-state index is 0.0444.